The van der Waals surface area contributed by atoms with E-state index in [2.05, 4.69) is 20.6 Å². The molecule has 2 aliphatic heterocycles. The molecular formula is C33H36N6O5. The van der Waals surface area contributed by atoms with E-state index in [0.717, 1.165) is 78.2 Å². The highest BCUT2D eigenvalue weighted by Crippen LogP contribution is 2.31. The number of carboxylic acid groups (broad SMARTS) is 1. The molecule has 1 atom stereocenters. The molecular weight excluding hydrogens is 560 g/mol. The quantitative estimate of drug-likeness (QED) is 0.242. The van der Waals surface area contributed by atoms with Crippen LogP contribution >= 0.6 is 0 Å². The number of aryl methyl sites for hydroxylation is 1. The lowest BCUT2D eigenvalue weighted by Crippen LogP contribution is -2.35. The topological polar surface area (TPSA) is 116 Å². The number of rotatable bonds is 10. The molecule has 0 bridgehead atoms. The molecule has 0 spiro atoms. The fourth-order valence-corrected chi connectivity index (χ4v) is 6.32. The molecule has 11 heteroatoms. The Morgan fingerprint density at radius 2 is 1.91 bits per heavy atom. The minimum Gasteiger partial charge on any atom is -0.481 e. The van der Waals surface area contributed by atoms with Gasteiger partial charge in [0, 0.05) is 35.9 Å². The number of aromatic nitrogens is 5. The van der Waals surface area contributed by atoms with Crippen molar-refractivity contribution in [3.05, 3.63) is 82.9 Å². The van der Waals surface area contributed by atoms with Crippen LogP contribution in [-0.4, -0.2) is 73.0 Å². The van der Waals surface area contributed by atoms with Gasteiger partial charge < -0.3 is 23.9 Å². The van der Waals surface area contributed by atoms with Gasteiger partial charge in [-0.05, 0) is 75.2 Å². The van der Waals surface area contributed by atoms with E-state index in [0.29, 0.717) is 37.4 Å². The standard InChI is InChI=1S/C33H36N6O5/c1-21-16-24(33(40)41)17-28-32(21)36-29(38(28)18-25-11-15-43-25)19-37-13-9-22(10-14-37)26-4-3-5-30(35-26)44-20-23-6-7-31(42-2)39-27(23)8-12-34-39/h3-8,12,16-17,22,25H,9-11,13-15,18-20H2,1-2H3,(H,40,41)/t25-/m0/s1. The van der Waals surface area contributed by atoms with Crippen LogP contribution in [0, 0.1) is 6.92 Å². The Labute approximate surface area is 255 Å². The van der Waals surface area contributed by atoms with E-state index < -0.39 is 5.97 Å². The van der Waals surface area contributed by atoms with E-state index in [9.17, 15) is 9.90 Å². The van der Waals surface area contributed by atoms with Crippen molar-refractivity contribution < 1.29 is 24.1 Å². The van der Waals surface area contributed by atoms with Crippen molar-refractivity contribution in [2.75, 3.05) is 26.8 Å². The minimum atomic E-state index is -0.925. The van der Waals surface area contributed by atoms with Crippen LogP contribution in [0.5, 0.6) is 11.8 Å². The first-order valence-electron chi connectivity index (χ1n) is 15.1. The summed E-state index contributed by atoms with van der Waals surface area (Å²) in [5, 5.41) is 14.0. The summed E-state index contributed by atoms with van der Waals surface area (Å²) in [5.41, 5.74) is 5.90. The molecule has 0 aliphatic carbocycles. The average Bonchev–Trinajstić information content (AvgIpc) is 3.64. The Morgan fingerprint density at radius 1 is 1.07 bits per heavy atom. The number of nitrogens with zero attached hydrogens (tertiary/aromatic N) is 6. The number of aromatic carboxylic acids is 1. The largest absolute Gasteiger partial charge is 0.481 e. The second kappa shape index (κ2) is 11.9. The van der Waals surface area contributed by atoms with Gasteiger partial charge in [0.25, 0.3) is 0 Å². The Bertz CT molecular complexity index is 1820. The molecule has 5 aromatic rings. The highest BCUT2D eigenvalue weighted by molar-refractivity contribution is 5.94. The number of pyridine rings is 2. The maximum absolute atomic E-state index is 11.8. The van der Waals surface area contributed by atoms with Crippen molar-refractivity contribution in [2.45, 2.75) is 57.9 Å². The van der Waals surface area contributed by atoms with Gasteiger partial charge in [-0.2, -0.15) is 5.10 Å². The molecule has 44 heavy (non-hydrogen) atoms. The second-order valence-electron chi connectivity index (χ2n) is 11.7. The van der Waals surface area contributed by atoms with Gasteiger partial charge in [0.15, 0.2) is 0 Å². The molecule has 0 saturated carbocycles. The molecule has 2 fully saturated rings. The van der Waals surface area contributed by atoms with E-state index in [1.165, 1.54) is 0 Å². The first-order valence-corrected chi connectivity index (χ1v) is 15.1. The Morgan fingerprint density at radius 3 is 2.66 bits per heavy atom. The molecule has 0 radical (unpaired) electrons. The van der Waals surface area contributed by atoms with Crippen LogP contribution in [0.3, 0.4) is 0 Å². The zero-order valence-electron chi connectivity index (χ0n) is 25.0. The molecule has 11 nitrogen and oxygen atoms in total. The molecule has 4 aromatic heterocycles. The molecule has 6 heterocycles. The summed E-state index contributed by atoms with van der Waals surface area (Å²) in [6.45, 7) is 6.32. The molecule has 1 aromatic carbocycles. The number of ether oxygens (including phenoxy) is 3. The summed E-state index contributed by atoms with van der Waals surface area (Å²) in [5.74, 6) is 1.67. The van der Waals surface area contributed by atoms with Crippen LogP contribution in [0.25, 0.3) is 16.6 Å². The van der Waals surface area contributed by atoms with Gasteiger partial charge in [-0.15, -0.1) is 0 Å². The van der Waals surface area contributed by atoms with Crippen LogP contribution in [0.4, 0.5) is 0 Å². The van der Waals surface area contributed by atoms with Crippen LogP contribution < -0.4 is 9.47 Å². The number of benzene rings is 1. The Hall–Kier alpha value is -4.48. The van der Waals surface area contributed by atoms with Crippen LogP contribution in [0.1, 0.15) is 58.2 Å². The third-order valence-electron chi connectivity index (χ3n) is 8.86. The van der Waals surface area contributed by atoms with Crippen molar-refractivity contribution >= 4 is 22.5 Å². The summed E-state index contributed by atoms with van der Waals surface area (Å²) in [4.78, 5) is 24.1. The second-order valence-corrected chi connectivity index (χ2v) is 11.7. The lowest BCUT2D eigenvalue weighted by atomic mass is 9.93. The summed E-state index contributed by atoms with van der Waals surface area (Å²) in [7, 11) is 1.63. The molecule has 7 rings (SSSR count). The van der Waals surface area contributed by atoms with Gasteiger partial charge in [0.2, 0.25) is 11.8 Å². The lowest BCUT2D eigenvalue weighted by Gasteiger charge is -2.32. The van der Waals surface area contributed by atoms with Gasteiger partial charge in [-0.3, -0.25) is 4.90 Å². The highest BCUT2D eigenvalue weighted by Gasteiger charge is 2.27. The Kier molecular flexibility index (Phi) is 7.65. The lowest BCUT2D eigenvalue weighted by molar-refractivity contribution is -0.0592. The number of imidazole rings is 1. The summed E-state index contributed by atoms with van der Waals surface area (Å²) in [6, 6.07) is 15.3. The van der Waals surface area contributed by atoms with Gasteiger partial charge in [-0.25, -0.2) is 19.3 Å². The number of hydrogen-bond acceptors (Lipinski definition) is 8. The summed E-state index contributed by atoms with van der Waals surface area (Å²) >= 11 is 0. The third-order valence-corrected chi connectivity index (χ3v) is 8.86. The number of carbonyl (C=O) groups is 1. The fraction of sp³-hybridized carbons (Fsp3) is 0.394. The number of likely N-dealkylation sites (tertiary alicyclic amines) is 1. The monoisotopic (exact) mass is 596 g/mol. The number of carboxylic acids is 1. The van der Waals surface area contributed by atoms with Crippen molar-refractivity contribution in [2.24, 2.45) is 0 Å². The zero-order valence-corrected chi connectivity index (χ0v) is 25.0. The van der Waals surface area contributed by atoms with Crippen LogP contribution in [0.2, 0.25) is 0 Å². The van der Waals surface area contributed by atoms with Crippen LogP contribution in [-0.2, 0) is 24.4 Å². The molecule has 0 unspecified atom stereocenters. The first kappa shape index (κ1) is 28.3. The number of hydrogen-bond donors (Lipinski definition) is 1. The van der Waals surface area contributed by atoms with Gasteiger partial charge in [-0.1, -0.05) is 6.07 Å². The van der Waals surface area contributed by atoms with E-state index >= 15 is 0 Å². The van der Waals surface area contributed by atoms with Gasteiger partial charge >= 0.3 is 5.97 Å². The van der Waals surface area contributed by atoms with Crippen molar-refractivity contribution in [3.8, 4) is 11.8 Å². The van der Waals surface area contributed by atoms with Crippen molar-refractivity contribution in [3.63, 3.8) is 0 Å². The summed E-state index contributed by atoms with van der Waals surface area (Å²) in [6.07, 6.45) is 4.87. The normalized spacial score (nSPS) is 17.6. The SMILES string of the molecule is COc1ccc(COc2cccc(C3CCN(Cc4nc5c(C)cc(C(=O)O)cc5n4C[C@@H]4CCO4)CC3)n2)c2ccnn12. The van der Waals surface area contributed by atoms with E-state index in [1.54, 1.807) is 30.0 Å². The smallest absolute Gasteiger partial charge is 0.335 e. The first-order chi connectivity index (χ1) is 21.5. The molecule has 2 saturated heterocycles. The molecule has 0 amide bonds. The molecule has 1 N–H and O–H groups in total. The molecule has 2 aliphatic rings. The fourth-order valence-electron chi connectivity index (χ4n) is 6.32. The van der Waals surface area contributed by atoms with E-state index in [-0.39, 0.29) is 11.7 Å². The van der Waals surface area contributed by atoms with Crippen LogP contribution in [0.15, 0.2) is 54.7 Å². The predicted octanol–water partition coefficient (Wildman–Crippen LogP) is 4.84. The third kappa shape index (κ3) is 5.48. The van der Waals surface area contributed by atoms with Crippen molar-refractivity contribution in [1.29, 1.82) is 0 Å². The summed E-state index contributed by atoms with van der Waals surface area (Å²) < 4.78 is 21.2. The predicted molar refractivity (Wildman–Crippen MR) is 163 cm³/mol. The van der Waals surface area contributed by atoms with Gasteiger partial charge in [0.1, 0.15) is 12.4 Å². The number of fused-ring (bicyclic) bond motifs is 2. The molecule has 228 valence electrons. The maximum Gasteiger partial charge on any atom is 0.335 e. The zero-order chi connectivity index (χ0) is 30.2. The maximum atomic E-state index is 11.8. The van der Waals surface area contributed by atoms with E-state index in [4.69, 9.17) is 24.2 Å². The minimum absolute atomic E-state index is 0.141. The van der Waals surface area contributed by atoms with Crippen molar-refractivity contribution in [1.82, 2.24) is 29.0 Å². The van der Waals surface area contributed by atoms with Gasteiger partial charge in [0.05, 0.1) is 54.6 Å². The Balaban J connectivity index is 1.02. The average molecular weight is 597 g/mol. The number of methoxy groups -OCH3 is 1. The highest BCUT2D eigenvalue weighted by atomic mass is 16.5. The number of piperidine rings is 1. The van der Waals surface area contributed by atoms with E-state index in [1.807, 2.05) is 37.3 Å².